The van der Waals surface area contributed by atoms with E-state index in [9.17, 15) is 16.8 Å². The molecule has 3 heterocycles. The highest BCUT2D eigenvalue weighted by atomic mass is 32.2. The van der Waals surface area contributed by atoms with Crippen LogP contribution in [-0.2, 0) is 24.9 Å². The van der Waals surface area contributed by atoms with Crippen LogP contribution >= 0.6 is 0 Å². The molecule has 184 valence electrons. The Morgan fingerprint density at radius 2 is 1.26 bits per heavy atom. The molecule has 3 saturated heterocycles. The molecule has 0 radical (unpaired) electrons. The van der Waals surface area contributed by atoms with Crippen LogP contribution in [0.1, 0.15) is 30.4 Å². The standard InChI is InChI=1S/C24H31N3O5S2/c1-19-4-8-22(9-5-19)33(28,29)25-13-3-14-27-21-12-15-26(18-24(16-21,17-25)32-27)34(30,31)23-10-6-20(2)7-11-23/h4-11,21H,3,12-18H2,1-2H3. The molecule has 2 aromatic carbocycles. The lowest BCUT2D eigenvalue weighted by atomic mass is 9.96. The predicted octanol–water partition coefficient (Wildman–Crippen LogP) is 2.54. The summed E-state index contributed by atoms with van der Waals surface area (Å²) in [4.78, 5) is 6.87. The molecule has 34 heavy (non-hydrogen) atoms. The smallest absolute Gasteiger partial charge is 0.243 e. The molecule has 3 fully saturated rings. The number of rotatable bonds is 4. The molecule has 3 aliphatic heterocycles. The van der Waals surface area contributed by atoms with Crippen LogP contribution in [0.3, 0.4) is 0 Å². The molecular formula is C24H31N3O5S2. The molecule has 8 nitrogen and oxygen atoms in total. The first-order valence-corrected chi connectivity index (χ1v) is 14.6. The second kappa shape index (κ2) is 8.69. The minimum absolute atomic E-state index is 0.0697. The summed E-state index contributed by atoms with van der Waals surface area (Å²) in [5.74, 6) is 0. The lowest BCUT2D eigenvalue weighted by molar-refractivity contribution is -0.221. The molecule has 3 aliphatic rings. The van der Waals surface area contributed by atoms with Crippen molar-refractivity contribution in [3.8, 4) is 0 Å². The van der Waals surface area contributed by atoms with Crippen molar-refractivity contribution in [1.82, 2.24) is 13.7 Å². The van der Waals surface area contributed by atoms with Crippen LogP contribution in [0.25, 0.3) is 0 Å². The van der Waals surface area contributed by atoms with Gasteiger partial charge in [-0.1, -0.05) is 35.4 Å². The maximum atomic E-state index is 13.5. The molecule has 10 heteroatoms. The quantitative estimate of drug-likeness (QED) is 0.635. The van der Waals surface area contributed by atoms with Gasteiger partial charge in [0.2, 0.25) is 20.0 Å². The van der Waals surface area contributed by atoms with Crippen LogP contribution in [-0.4, -0.2) is 74.9 Å². The molecule has 0 aromatic heterocycles. The van der Waals surface area contributed by atoms with Crippen molar-refractivity contribution in [2.24, 2.45) is 0 Å². The average molecular weight is 506 g/mol. The number of benzene rings is 2. The summed E-state index contributed by atoms with van der Waals surface area (Å²) in [7, 11) is -7.47. The van der Waals surface area contributed by atoms with Crippen molar-refractivity contribution in [3.05, 3.63) is 59.7 Å². The molecule has 1 spiro atoms. The first-order chi connectivity index (χ1) is 16.1. The van der Waals surface area contributed by atoms with Crippen molar-refractivity contribution < 1.29 is 21.7 Å². The van der Waals surface area contributed by atoms with Gasteiger partial charge in [-0.3, -0.25) is 4.84 Å². The fourth-order valence-corrected chi connectivity index (χ4v) is 8.31. The fraction of sp³-hybridized carbons (Fsp3) is 0.500. The van der Waals surface area contributed by atoms with Crippen molar-refractivity contribution in [3.63, 3.8) is 0 Å². The van der Waals surface area contributed by atoms with Gasteiger partial charge in [0.15, 0.2) is 0 Å². The number of fused-ring (bicyclic) bond motifs is 3. The molecule has 5 rings (SSSR count). The lowest BCUT2D eigenvalue weighted by Gasteiger charge is -2.39. The Kier molecular flexibility index (Phi) is 6.11. The maximum absolute atomic E-state index is 13.5. The third-order valence-corrected chi connectivity index (χ3v) is 10.8. The van der Waals surface area contributed by atoms with Gasteiger partial charge in [0.1, 0.15) is 5.60 Å². The average Bonchev–Trinajstić information content (AvgIpc) is 3.02. The largest absolute Gasteiger partial charge is 0.289 e. The van der Waals surface area contributed by atoms with E-state index in [4.69, 9.17) is 4.84 Å². The van der Waals surface area contributed by atoms with Gasteiger partial charge in [0.05, 0.1) is 9.79 Å². The van der Waals surface area contributed by atoms with E-state index >= 15 is 0 Å². The molecule has 0 saturated carbocycles. The van der Waals surface area contributed by atoms with Gasteiger partial charge in [-0.2, -0.15) is 13.7 Å². The highest BCUT2D eigenvalue weighted by Gasteiger charge is 2.53. The summed E-state index contributed by atoms with van der Waals surface area (Å²) in [5.41, 5.74) is 1.06. The highest BCUT2D eigenvalue weighted by Crippen LogP contribution is 2.40. The number of aryl methyl sites for hydroxylation is 2. The molecule has 0 amide bonds. The Morgan fingerprint density at radius 1 is 0.765 bits per heavy atom. The van der Waals surface area contributed by atoms with Crippen LogP contribution in [0.4, 0.5) is 0 Å². The summed E-state index contributed by atoms with van der Waals surface area (Å²) in [6.07, 6.45) is 1.91. The second-order valence-electron chi connectivity index (χ2n) is 9.72. The minimum Gasteiger partial charge on any atom is -0.289 e. The summed E-state index contributed by atoms with van der Waals surface area (Å²) in [6, 6.07) is 13.8. The van der Waals surface area contributed by atoms with Crippen LogP contribution in [0, 0.1) is 13.8 Å². The molecule has 2 aromatic rings. The Balaban J connectivity index is 1.47. The zero-order valence-electron chi connectivity index (χ0n) is 19.6. The first-order valence-electron chi connectivity index (χ1n) is 11.7. The Morgan fingerprint density at radius 3 is 1.79 bits per heavy atom. The van der Waals surface area contributed by atoms with Gasteiger partial charge in [0.25, 0.3) is 0 Å². The molecule has 3 unspecified atom stereocenters. The molecule has 0 aliphatic carbocycles. The van der Waals surface area contributed by atoms with E-state index in [1.165, 1.54) is 8.61 Å². The number of hydrogen-bond acceptors (Lipinski definition) is 6. The van der Waals surface area contributed by atoms with Crippen LogP contribution in [0.15, 0.2) is 58.3 Å². The number of hydroxylamine groups is 2. The van der Waals surface area contributed by atoms with E-state index in [0.29, 0.717) is 38.9 Å². The first kappa shape index (κ1) is 23.9. The van der Waals surface area contributed by atoms with Crippen molar-refractivity contribution in [2.75, 3.05) is 32.7 Å². The minimum atomic E-state index is -3.74. The number of nitrogens with zero attached hydrogens (tertiary/aromatic N) is 3. The predicted molar refractivity (Wildman–Crippen MR) is 128 cm³/mol. The fourth-order valence-electron chi connectivity index (χ4n) is 5.23. The van der Waals surface area contributed by atoms with Crippen LogP contribution in [0.5, 0.6) is 0 Å². The van der Waals surface area contributed by atoms with E-state index in [1.807, 2.05) is 18.9 Å². The Labute approximate surface area is 202 Å². The second-order valence-corrected chi connectivity index (χ2v) is 13.6. The van der Waals surface area contributed by atoms with Crippen LogP contribution in [0.2, 0.25) is 0 Å². The van der Waals surface area contributed by atoms with Crippen LogP contribution < -0.4 is 0 Å². The molecule has 3 atom stereocenters. The van der Waals surface area contributed by atoms with E-state index in [0.717, 1.165) is 11.1 Å². The molecule has 3 bridgehead atoms. The lowest BCUT2D eigenvalue weighted by Crippen LogP contribution is -2.55. The zero-order valence-corrected chi connectivity index (χ0v) is 21.2. The van der Waals surface area contributed by atoms with Crippen molar-refractivity contribution in [1.29, 1.82) is 0 Å². The normalized spacial score (nSPS) is 28.8. The topological polar surface area (TPSA) is 87.2 Å². The van der Waals surface area contributed by atoms with Gasteiger partial charge in [-0.05, 0) is 57.4 Å². The highest BCUT2D eigenvalue weighted by molar-refractivity contribution is 7.89. The van der Waals surface area contributed by atoms with Gasteiger partial charge in [-0.15, -0.1) is 0 Å². The third kappa shape index (κ3) is 4.31. The number of sulfonamides is 2. The third-order valence-electron chi connectivity index (χ3n) is 7.07. The molecular weight excluding hydrogens is 474 g/mol. The van der Waals surface area contributed by atoms with Gasteiger partial charge < -0.3 is 0 Å². The SMILES string of the molecule is Cc1ccc(S(=O)(=O)N2CCCN3OC4(CC3CCN(S(=O)(=O)c3ccc(C)cc3)C4)C2)cc1. The Hall–Kier alpha value is -1.82. The molecule has 0 N–H and O–H groups in total. The van der Waals surface area contributed by atoms with E-state index < -0.39 is 25.6 Å². The van der Waals surface area contributed by atoms with Crippen molar-refractivity contribution in [2.45, 2.75) is 54.5 Å². The van der Waals surface area contributed by atoms with E-state index in [1.54, 1.807) is 48.5 Å². The summed E-state index contributed by atoms with van der Waals surface area (Å²) in [6.45, 7) is 5.45. The Bertz CT molecular complexity index is 1260. The van der Waals surface area contributed by atoms with E-state index in [-0.39, 0.29) is 28.9 Å². The number of hydrogen-bond donors (Lipinski definition) is 0. The maximum Gasteiger partial charge on any atom is 0.243 e. The zero-order chi connectivity index (χ0) is 24.1. The summed E-state index contributed by atoms with van der Waals surface area (Å²) < 4.78 is 57.0. The van der Waals surface area contributed by atoms with Gasteiger partial charge in [-0.25, -0.2) is 16.8 Å². The van der Waals surface area contributed by atoms with Gasteiger partial charge >= 0.3 is 0 Å². The monoisotopic (exact) mass is 505 g/mol. The van der Waals surface area contributed by atoms with E-state index in [2.05, 4.69) is 0 Å². The summed E-state index contributed by atoms with van der Waals surface area (Å²) in [5, 5.41) is 1.96. The van der Waals surface area contributed by atoms with Crippen molar-refractivity contribution >= 4 is 20.0 Å². The van der Waals surface area contributed by atoms with Gasteiger partial charge in [0, 0.05) is 38.8 Å². The summed E-state index contributed by atoms with van der Waals surface area (Å²) >= 11 is 0.